The number of amides is 1. The molecule has 20 heavy (non-hydrogen) atoms. The summed E-state index contributed by atoms with van der Waals surface area (Å²) in [5.41, 5.74) is 0.506. The van der Waals surface area contributed by atoms with E-state index in [1.54, 1.807) is 23.1 Å². The number of hydrogen-bond acceptors (Lipinski definition) is 4. The third-order valence-electron chi connectivity index (χ3n) is 3.24. The Morgan fingerprint density at radius 1 is 1.30 bits per heavy atom. The molecule has 5 heteroatoms. The zero-order valence-electron chi connectivity index (χ0n) is 11.8. The Kier molecular flexibility index (Phi) is 5.24. The van der Waals surface area contributed by atoms with Crippen molar-refractivity contribution in [2.75, 3.05) is 32.9 Å². The van der Waals surface area contributed by atoms with Crippen molar-refractivity contribution in [1.82, 2.24) is 4.90 Å². The number of aliphatic hydroxyl groups is 1. The topological polar surface area (TPSA) is 59.0 Å². The van der Waals surface area contributed by atoms with Crippen molar-refractivity contribution in [3.8, 4) is 11.5 Å². The van der Waals surface area contributed by atoms with E-state index in [1.165, 1.54) is 0 Å². The van der Waals surface area contributed by atoms with Gasteiger partial charge < -0.3 is 19.5 Å². The highest BCUT2D eigenvalue weighted by atomic mass is 16.6. The van der Waals surface area contributed by atoms with E-state index in [4.69, 9.17) is 14.6 Å². The van der Waals surface area contributed by atoms with Crippen LogP contribution in [0.2, 0.25) is 0 Å². The van der Waals surface area contributed by atoms with Crippen LogP contribution in [0.5, 0.6) is 11.5 Å². The average Bonchev–Trinajstić information content (AvgIpc) is 2.50. The Bertz CT molecular complexity index is 461. The molecule has 0 fully saturated rings. The molecule has 5 nitrogen and oxygen atoms in total. The number of fused-ring (bicyclic) bond motifs is 1. The molecule has 1 amide bonds. The molecule has 0 saturated heterocycles. The van der Waals surface area contributed by atoms with E-state index in [-0.39, 0.29) is 12.5 Å². The third-order valence-corrected chi connectivity index (χ3v) is 3.24. The molecule has 0 radical (unpaired) electrons. The summed E-state index contributed by atoms with van der Waals surface area (Å²) in [6, 6.07) is 5.33. The second kappa shape index (κ2) is 7.14. The summed E-state index contributed by atoms with van der Waals surface area (Å²) in [4.78, 5) is 14.3. The summed E-state index contributed by atoms with van der Waals surface area (Å²) in [5.74, 6) is 1.01. The first-order chi connectivity index (χ1) is 9.77. The van der Waals surface area contributed by atoms with Crippen LogP contribution in [0.15, 0.2) is 18.2 Å². The van der Waals surface area contributed by atoms with Crippen molar-refractivity contribution in [3.05, 3.63) is 23.8 Å². The molecule has 0 bridgehead atoms. The lowest BCUT2D eigenvalue weighted by atomic mass is 10.1. The maximum Gasteiger partial charge on any atom is 0.257 e. The molecule has 1 aromatic carbocycles. The molecule has 0 atom stereocenters. The number of rotatable bonds is 6. The molecule has 1 aliphatic rings. The molecule has 1 heterocycles. The van der Waals surface area contributed by atoms with E-state index in [0.29, 0.717) is 43.4 Å². The van der Waals surface area contributed by atoms with Crippen LogP contribution >= 0.6 is 0 Å². The van der Waals surface area contributed by atoms with Gasteiger partial charge in [0, 0.05) is 13.1 Å². The van der Waals surface area contributed by atoms with Gasteiger partial charge in [-0.1, -0.05) is 19.4 Å². The van der Waals surface area contributed by atoms with Crippen LogP contribution in [0.25, 0.3) is 0 Å². The molecule has 110 valence electrons. The fraction of sp³-hybridized carbons (Fsp3) is 0.533. The summed E-state index contributed by atoms with van der Waals surface area (Å²) in [6.07, 6.45) is 1.92. The molecule has 1 aromatic rings. The number of benzene rings is 1. The Morgan fingerprint density at radius 3 is 2.85 bits per heavy atom. The van der Waals surface area contributed by atoms with E-state index in [0.717, 1.165) is 12.8 Å². The van der Waals surface area contributed by atoms with Crippen molar-refractivity contribution in [3.63, 3.8) is 0 Å². The first kappa shape index (κ1) is 14.7. The van der Waals surface area contributed by atoms with Gasteiger partial charge in [-0.3, -0.25) is 4.79 Å². The molecule has 1 aliphatic heterocycles. The lowest BCUT2D eigenvalue weighted by Gasteiger charge is -2.25. The number of nitrogens with zero attached hydrogens (tertiary/aromatic N) is 1. The summed E-state index contributed by atoms with van der Waals surface area (Å²) in [5, 5.41) is 9.12. The lowest BCUT2D eigenvalue weighted by molar-refractivity contribution is 0.0709. The van der Waals surface area contributed by atoms with Crippen LogP contribution in [-0.2, 0) is 0 Å². The zero-order valence-corrected chi connectivity index (χ0v) is 11.8. The second-order valence-electron chi connectivity index (χ2n) is 4.70. The van der Waals surface area contributed by atoms with Gasteiger partial charge in [0.25, 0.3) is 5.91 Å². The van der Waals surface area contributed by atoms with Gasteiger partial charge in [0.15, 0.2) is 11.5 Å². The number of hydrogen-bond donors (Lipinski definition) is 1. The monoisotopic (exact) mass is 279 g/mol. The minimum absolute atomic E-state index is 0.0398. The Balaban J connectivity index is 2.22. The van der Waals surface area contributed by atoms with Crippen LogP contribution < -0.4 is 9.47 Å². The van der Waals surface area contributed by atoms with Gasteiger partial charge in [-0.15, -0.1) is 0 Å². The predicted octanol–water partition coefficient (Wildman–Crippen LogP) is 1.69. The largest absolute Gasteiger partial charge is 0.486 e. The standard InChI is InChI=1S/C15H21NO4/c1-2-3-7-16(8-9-17)15(18)12-5-4-6-13-14(12)20-11-10-19-13/h4-6,17H,2-3,7-11H2,1H3. The zero-order chi connectivity index (χ0) is 14.4. The van der Waals surface area contributed by atoms with Gasteiger partial charge >= 0.3 is 0 Å². The SMILES string of the molecule is CCCCN(CCO)C(=O)c1cccc2c1OCCO2. The van der Waals surface area contributed by atoms with Gasteiger partial charge in [0.2, 0.25) is 0 Å². The first-order valence-corrected chi connectivity index (χ1v) is 7.06. The fourth-order valence-electron chi connectivity index (χ4n) is 2.20. The number of aliphatic hydroxyl groups excluding tert-OH is 1. The van der Waals surface area contributed by atoms with Crippen LogP contribution in [0, 0.1) is 0 Å². The van der Waals surface area contributed by atoms with E-state index in [9.17, 15) is 4.79 Å². The van der Waals surface area contributed by atoms with Crippen molar-refractivity contribution in [2.45, 2.75) is 19.8 Å². The normalized spacial score (nSPS) is 13.1. The number of unbranched alkanes of at least 4 members (excludes halogenated alkanes) is 1. The van der Waals surface area contributed by atoms with Crippen LogP contribution in [-0.4, -0.2) is 48.8 Å². The summed E-state index contributed by atoms with van der Waals surface area (Å²) < 4.78 is 11.1. The van der Waals surface area contributed by atoms with Gasteiger partial charge in [-0.2, -0.15) is 0 Å². The lowest BCUT2D eigenvalue weighted by Crippen LogP contribution is -2.35. The van der Waals surface area contributed by atoms with E-state index >= 15 is 0 Å². The van der Waals surface area contributed by atoms with E-state index in [1.807, 2.05) is 0 Å². The van der Waals surface area contributed by atoms with Crippen LogP contribution in [0.3, 0.4) is 0 Å². The summed E-state index contributed by atoms with van der Waals surface area (Å²) in [7, 11) is 0. The summed E-state index contributed by atoms with van der Waals surface area (Å²) >= 11 is 0. The van der Waals surface area contributed by atoms with Crippen LogP contribution in [0.4, 0.5) is 0 Å². The number of para-hydroxylation sites is 1. The number of carbonyl (C=O) groups excluding carboxylic acids is 1. The highest BCUT2D eigenvalue weighted by Gasteiger charge is 2.23. The highest BCUT2D eigenvalue weighted by Crippen LogP contribution is 2.34. The third kappa shape index (κ3) is 3.22. The Hall–Kier alpha value is -1.75. The second-order valence-corrected chi connectivity index (χ2v) is 4.70. The molecular formula is C15H21NO4. The van der Waals surface area contributed by atoms with Gasteiger partial charge in [0.05, 0.1) is 12.2 Å². The molecule has 2 rings (SSSR count). The van der Waals surface area contributed by atoms with Gasteiger partial charge in [0.1, 0.15) is 13.2 Å². The van der Waals surface area contributed by atoms with Crippen molar-refractivity contribution in [2.24, 2.45) is 0 Å². The van der Waals surface area contributed by atoms with Crippen LogP contribution in [0.1, 0.15) is 30.1 Å². The molecule has 0 saturated carbocycles. The average molecular weight is 279 g/mol. The molecule has 0 spiro atoms. The van der Waals surface area contributed by atoms with Gasteiger partial charge in [-0.25, -0.2) is 0 Å². The fourth-order valence-corrected chi connectivity index (χ4v) is 2.20. The molecule has 0 unspecified atom stereocenters. The molecule has 1 N–H and O–H groups in total. The van der Waals surface area contributed by atoms with Crippen molar-refractivity contribution >= 4 is 5.91 Å². The first-order valence-electron chi connectivity index (χ1n) is 7.06. The number of ether oxygens (including phenoxy) is 2. The highest BCUT2D eigenvalue weighted by molar-refractivity contribution is 5.97. The van der Waals surface area contributed by atoms with Gasteiger partial charge in [-0.05, 0) is 18.6 Å². The minimum Gasteiger partial charge on any atom is -0.486 e. The van der Waals surface area contributed by atoms with Crippen molar-refractivity contribution < 1.29 is 19.4 Å². The molecular weight excluding hydrogens is 258 g/mol. The molecule has 0 aliphatic carbocycles. The number of carbonyl (C=O) groups is 1. The van der Waals surface area contributed by atoms with E-state index in [2.05, 4.69) is 6.92 Å². The Morgan fingerprint density at radius 2 is 2.10 bits per heavy atom. The predicted molar refractivity (Wildman–Crippen MR) is 75.3 cm³/mol. The summed E-state index contributed by atoms with van der Waals surface area (Å²) in [6.45, 7) is 3.96. The Labute approximate surface area is 119 Å². The maximum atomic E-state index is 12.6. The smallest absolute Gasteiger partial charge is 0.257 e. The van der Waals surface area contributed by atoms with Crippen molar-refractivity contribution in [1.29, 1.82) is 0 Å². The quantitative estimate of drug-likeness (QED) is 0.861. The van der Waals surface area contributed by atoms with E-state index < -0.39 is 0 Å². The maximum absolute atomic E-state index is 12.6. The minimum atomic E-state index is -0.116. The molecule has 0 aromatic heterocycles.